The molecule has 0 fully saturated rings. The lowest BCUT2D eigenvalue weighted by molar-refractivity contribution is -0.145. The average molecular weight is 431 g/mol. The van der Waals surface area contributed by atoms with E-state index in [1.165, 1.54) is 31.6 Å². The van der Waals surface area contributed by atoms with Crippen molar-refractivity contribution in [3.8, 4) is 0 Å². The van der Waals surface area contributed by atoms with Crippen LogP contribution in [-0.2, 0) is 19.1 Å². The highest BCUT2D eigenvalue weighted by molar-refractivity contribution is 5.96. The Morgan fingerprint density at radius 3 is 2.55 bits per heavy atom. The van der Waals surface area contributed by atoms with Gasteiger partial charge in [0.1, 0.15) is 24.5 Å². The normalized spacial score (nSPS) is 16.7. The third-order valence-electron chi connectivity index (χ3n) is 4.28. The Hall–Kier alpha value is -4.02. The third kappa shape index (κ3) is 5.13. The van der Waals surface area contributed by atoms with E-state index in [4.69, 9.17) is 18.3 Å². The first-order valence-electron chi connectivity index (χ1n) is 9.42. The van der Waals surface area contributed by atoms with Gasteiger partial charge in [-0.05, 0) is 38.1 Å². The smallest absolute Gasteiger partial charge is 0.338 e. The van der Waals surface area contributed by atoms with E-state index in [1.54, 1.807) is 19.1 Å². The Morgan fingerprint density at radius 2 is 1.90 bits per heavy atom. The second kappa shape index (κ2) is 9.65. The number of carbonyl (C=O) groups is 4. The van der Waals surface area contributed by atoms with Crippen molar-refractivity contribution in [2.24, 2.45) is 0 Å². The molecule has 0 spiro atoms. The molecule has 1 aliphatic rings. The lowest BCUT2D eigenvalue weighted by Gasteiger charge is -2.27. The first-order valence-corrected chi connectivity index (χ1v) is 9.42. The van der Waals surface area contributed by atoms with Crippen molar-refractivity contribution in [3.63, 3.8) is 0 Å². The van der Waals surface area contributed by atoms with Crippen LogP contribution in [0.3, 0.4) is 0 Å². The summed E-state index contributed by atoms with van der Waals surface area (Å²) in [5.74, 6) is -1.73. The molecule has 11 heteroatoms. The molecule has 2 atom stereocenters. The third-order valence-corrected chi connectivity index (χ3v) is 4.28. The van der Waals surface area contributed by atoms with Crippen LogP contribution in [-0.4, -0.2) is 43.1 Å². The molecule has 0 aliphatic carbocycles. The molecule has 2 aromatic heterocycles. The van der Waals surface area contributed by atoms with Crippen molar-refractivity contribution in [1.29, 1.82) is 0 Å². The molecule has 3 rings (SSSR count). The monoisotopic (exact) mass is 431 g/mol. The second-order valence-corrected chi connectivity index (χ2v) is 6.44. The van der Waals surface area contributed by atoms with Gasteiger partial charge < -0.3 is 34.3 Å². The van der Waals surface area contributed by atoms with Crippen LogP contribution in [0.4, 0.5) is 4.79 Å². The molecule has 11 nitrogen and oxygen atoms in total. The van der Waals surface area contributed by atoms with E-state index in [0.717, 1.165) is 0 Å². The van der Waals surface area contributed by atoms with Gasteiger partial charge in [-0.25, -0.2) is 14.4 Å². The largest absolute Gasteiger partial charge is 0.467 e. The minimum Gasteiger partial charge on any atom is -0.467 e. The summed E-state index contributed by atoms with van der Waals surface area (Å²) in [5.41, 5.74) is 0.0815. The molecule has 1 unspecified atom stereocenters. The van der Waals surface area contributed by atoms with Crippen LogP contribution in [0.1, 0.15) is 36.2 Å². The average Bonchev–Trinajstić information content (AvgIpc) is 3.45. The molecule has 1 aliphatic heterocycles. The van der Waals surface area contributed by atoms with Gasteiger partial charge >= 0.3 is 18.0 Å². The molecular formula is C20H21N3O8. The number of hydrogen-bond donors (Lipinski definition) is 3. The van der Waals surface area contributed by atoms with E-state index < -0.39 is 42.6 Å². The van der Waals surface area contributed by atoms with Gasteiger partial charge in [0.2, 0.25) is 0 Å². The SMILES string of the molecule is CCOC(=O)C1=C(COC(=O)[C@H](C)NC(=O)c2ccco2)NC(=O)NC1c1ccco1. The summed E-state index contributed by atoms with van der Waals surface area (Å²) >= 11 is 0. The lowest BCUT2D eigenvalue weighted by atomic mass is 10.0. The molecule has 0 radical (unpaired) electrons. The van der Waals surface area contributed by atoms with Gasteiger partial charge in [-0.15, -0.1) is 0 Å². The van der Waals surface area contributed by atoms with E-state index in [9.17, 15) is 19.2 Å². The standard InChI is InChI=1S/C20H21N3O8/c1-3-28-19(26)15-12(22-20(27)23-16(15)13-6-4-8-29-13)10-31-18(25)11(2)21-17(24)14-7-5-9-30-14/h4-9,11,16H,3,10H2,1-2H3,(H,21,24)(H2,22,23,27)/t11-,16?/m0/s1. The van der Waals surface area contributed by atoms with Crippen LogP contribution < -0.4 is 16.0 Å². The summed E-state index contributed by atoms with van der Waals surface area (Å²) in [6.07, 6.45) is 2.73. The maximum atomic E-state index is 12.6. The summed E-state index contributed by atoms with van der Waals surface area (Å²) in [5, 5.41) is 7.48. The fraction of sp³-hybridized carbons (Fsp3) is 0.300. The molecule has 3 heterocycles. The van der Waals surface area contributed by atoms with Crippen molar-refractivity contribution in [3.05, 3.63) is 59.6 Å². The van der Waals surface area contributed by atoms with Crippen LogP contribution in [0.15, 0.2) is 56.9 Å². The van der Waals surface area contributed by atoms with Gasteiger partial charge in [0, 0.05) is 0 Å². The second-order valence-electron chi connectivity index (χ2n) is 6.44. The summed E-state index contributed by atoms with van der Waals surface area (Å²) in [7, 11) is 0. The zero-order valence-corrected chi connectivity index (χ0v) is 16.8. The maximum Gasteiger partial charge on any atom is 0.338 e. The molecular weight excluding hydrogens is 410 g/mol. The summed E-state index contributed by atoms with van der Waals surface area (Å²) in [4.78, 5) is 49.0. The predicted molar refractivity (Wildman–Crippen MR) is 103 cm³/mol. The number of hydrogen-bond acceptors (Lipinski definition) is 8. The Balaban J connectivity index is 1.74. The van der Waals surface area contributed by atoms with E-state index in [2.05, 4.69) is 16.0 Å². The van der Waals surface area contributed by atoms with Gasteiger partial charge in [0.15, 0.2) is 5.76 Å². The highest BCUT2D eigenvalue weighted by atomic mass is 16.5. The Bertz CT molecular complexity index is 978. The number of urea groups is 1. The molecule has 31 heavy (non-hydrogen) atoms. The highest BCUT2D eigenvalue weighted by Gasteiger charge is 2.36. The van der Waals surface area contributed by atoms with E-state index in [1.807, 2.05) is 0 Å². The minimum atomic E-state index is -1.01. The molecule has 164 valence electrons. The molecule has 0 saturated carbocycles. The summed E-state index contributed by atoms with van der Waals surface area (Å²) in [6.45, 7) is 2.73. The highest BCUT2D eigenvalue weighted by Crippen LogP contribution is 2.28. The van der Waals surface area contributed by atoms with E-state index >= 15 is 0 Å². The summed E-state index contributed by atoms with van der Waals surface area (Å²) in [6, 6.07) is 3.63. The van der Waals surface area contributed by atoms with Crippen molar-refractivity contribution in [2.75, 3.05) is 13.2 Å². The Morgan fingerprint density at radius 1 is 1.16 bits per heavy atom. The fourth-order valence-electron chi connectivity index (χ4n) is 2.85. The summed E-state index contributed by atoms with van der Waals surface area (Å²) < 4.78 is 20.6. The lowest BCUT2D eigenvalue weighted by Crippen LogP contribution is -2.47. The molecule has 3 amide bonds. The van der Waals surface area contributed by atoms with Gasteiger partial charge in [0.25, 0.3) is 5.91 Å². The first kappa shape index (κ1) is 21.7. The van der Waals surface area contributed by atoms with Crippen LogP contribution in [0.5, 0.6) is 0 Å². The van der Waals surface area contributed by atoms with Crippen LogP contribution in [0, 0.1) is 0 Å². The van der Waals surface area contributed by atoms with E-state index in [-0.39, 0.29) is 23.6 Å². The number of carbonyl (C=O) groups excluding carboxylic acids is 4. The van der Waals surface area contributed by atoms with Crippen molar-refractivity contribution < 1.29 is 37.5 Å². The molecule has 2 aromatic rings. The fourth-order valence-corrected chi connectivity index (χ4v) is 2.85. The molecule has 3 N–H and O–H groups in total. The van der Waals surface area contributed by atoms with Crippen molar-refractivity contribution in [2.45, 2.75) is 25.9 Å². The quantitative estimate of drug-likeness (QED) is 0.531. The zero-order valence-electron chi connectivity index (χ0n) is 16.8. The topological polar surface area (TPSA) is 149 Å². The zero-order chi connectivity index (χ0) is 22.4. The number of furan rings is 2. The number of nitrogens with one attached hydrogen (secondary N) is 3. The maximum absolute atomic E-state index is 12.6. The predicted octanol–water partition coefficient (Wildman–Crippen LogP) is 1.41. The Kier molecular flexibility index (Phi) is 6.75. The number of esters is 2. The van der Waals surface area contributed by atoms with Gasteiger partial charge in [-0.1, -0.05) is 0 Å². The van der Waals surface area contributed by atoms with Crippen LogP contribution in [0.25, 0.3) is 0 Å². The number of rotatable bonds is 8. The number of amides is 3. The van der Waals surface area contributed by atoms with Crippen molar-refractivity contribution >= 4 is 23.9 Å². The minimum absolute atomic E-state index is 0.0384. The van der Waals surface area contributed by atoms with Crippen LogP contribution >= 0.6 is 0 Å². The van der Waals surface area contributed by atoms with Crippen molar-refractivity contribution in [1.82, 2.24) is 16.0 Å². The molecule has 0 saturated heterocycles. The first-order chi connectivity index (χ1) is 14.9. The Labute approximate surface area is 176 Å². The van der Waals surface area contributed by atoms with Crippen LogP contribution in [0.2, 0.25) is 0 Å². The molecule has 0 bridgehead atoms. The van der Waals surface area contributed by atoms with Gasteiger partial charge in [-0.2, -0.15) is 0 Å². The number of ether oxygens (including phenoxy) is 2. The van der Waals surface area contributed by atoms with Gasteiger partial charge in [-0.3, -0.25) is 4.79 Å². The van der Waals surface area contributed by atoms with Gasteiger partial charge in [0.05, 0.1) is 30.4 Å². The van der Waals surface area contributed by atoms with E-state index in [0.29, 0.717) is 5.76 Å². The molecule has 0 aromatic carbocycles.